The van der Waals surface area contributed by atoms with Crippen molar-refractivity contribution >= 4 is 23.3 Å². The lowest BCUT2D eigenvalue weighted by molar-refractivity contribution is 0.102. The first-order valence-corrected chi connectivity index (χ1v) is 10.3. The zero-order valence-corrected chi connectivity index (χ0v) is 18.4. The average Bonchev–Trinajstić information content (AvgIpc) is 3.45. The molecule has 0 unspecified atom stereocenters. The predicted molar refractivity (Wildman–Crippen MR) is 122 cm³/mol. The summed E-state index contributed by atoms with van der Waals surface area (Å²) in [7, 11) is 3.18. The first kappa shape index (κ1) is 21.5. The van der Waals surface area contributed by atoms with E-state index in [1.807, 2.05) is 42.5 Å². The van der Waals surface area contributed by atoms with Crippen molar-refractivity contribution in [3.05, 3.63) is 88.8 Å². The zero-order chi connectivity index (χ0) is 22.5. The van der Waals surface area contributed by atoms with Crippen LogP contribution < -0.4 is 14.8 Å². The van der Waals surface area contributed by atoms with Crippen LogP contribution >= 0.6 is 11.6 Å². The number of nitrogens with zero attached hydrogens (tertiary/aromatic N) is 4. The Hall–Kier alpha value is -3.78. The van der Waals surface area contributed by atoms with Crippen LogP contribution in [-0.2, 0) is 13.1 Å². The Morgan fingerprint density at radius 2 is 1.81 bits per heavy atom. The number of carbonyl (C=O) groups excluding carboxylic acids is 1. The largest absolute Gasteiger partial charge is 0.493 e. The van der Waals surface area contributed by atoms with E-state index < -0.39 is 0 Å². The molecule has 2 heterocycles. The molecule has 4 aromatic rings. The van der Waals surface area contributed by atoms with Gasteiger partial charge in [-0.15, -0.1) is 0 Å². The number of carbonyl (C=O) groups is 1. The molecule has 4 rings (SSSR count). The standard InChI is InChI=1S/C23H22ClN5O3/c1-31-20-9-5-7-17(22(20)32-2)15-29-21(10-11-25-29)27-23(30)18-12-26-28(14-18)13-16-6-3-4-8-19(16)24/h3-12,14H,13,15H2,1-2H3,(H,27,30). The summed E-state index contributed by atoms with van der Waals surface area (Å²) in [6.07, 6.45) is 4.84. The van der Waals surface area contributed by atoms with E-state index in [9.17, 15) is 4.79 Å². The second-order valence-corrected chi connectivity index (χ2v) is 7.41. The normalized spacial score (nSPS) is 10.7. The maximum absolute atomic E-state index is 12.8. The third kappa shape index (κ3) is 4.60. The topological polar surface area (TPSA) is 83.2 Å². The van der Waals surface area contributed by atoms with E-state index in [2.05, 4.69) is 15.5 Å². The minimum absolute atomic E-state index is 0.283. The van der Waals surface area contributed by atoms with Gasteiger partial charge in [-0.05, 0) is 17.7 Å². The van der Waals surface area contributed by atoms with Crippen LogP contribution in [0.1, 0.15) is 21.5 Å². The van der Waals surface area contributed by atoms with Crippen molar-refractivity contribution in [2.24, 2.45) is 0 Å². The summed E-state index contributed by atoms with van der Waals surface area (Å²) in [5, 5.41) is 12.2. The van der Waals surface area contributed by atoms with E-state index >= 15 is 0 Å². The molecule has 0 fully saturated rings. The summed E-state index contributed by atoms with van der Waals surface area (Å²) in [5.74, 6) is 1.53. The van der Waals surface area contributed by atoms with Gasteiger partial charge in [-0.1, -0.05) is 41.9 Å². The average molecular weight is 452 g/mol. The van der Waals surface area contributed by atoms with Gasteiger partial charge in [0.1, 0.15) is 5.82 Å². The fraction of sp³-hybridized carbons (Fsp3) is 0.174. The molecule has 8 nitrogen and oxygen atoms in total. The third-order valence-corrected chi connectivity index (χ3v) is 5.32. The Labute approximate surface area is 190 Å². The SMILES string of the molecule is COc1cccc(Cn2nccc2NC(=O)c2cnn(Cc3ccccc3Cl)c2)c1OC. The molecule has 0 spiro atoms. The monoisotopic (exact) mass is 451 g/mol. The molecule has 0 atom stereocenters. The van der Waals surface area contributed by atoms with E-state index in [-0.39, 0.29) is 5.91 Å². The minimum Gasteiger partial charge on any atom is -0.493 e. The van der Waals surface area contributed by atoms with Gasteiger partial charge in [-0.3, -0.25) is 9.48 Å². The molecular formula is C23H22ClN5O3. The summed E-state index contributed by atoms with van der Waals surface area (Å²) < 4.78 is 14.2. The number of hydrogen-bond acceptors (Lipinski definition) is 5. The highest BCUT2D eigenvalue weighted by molar-refractivity contribution is 6.31. The number of hydrogen-bond donors (Lipinski definition) is 1. The number of nitrogens with one attached hydrogen (secondary N) is 1. The first-order chi connectivity index (χ1) is 15.6. The lowest BCUT2D eigenvalue weighted by atomic mass is 10.2. The van der Waals surface area contributed by atoms with Gasteiger partial charge in [0.25, 0.3) is 5.91 Å². The van der Waals surface area contributed by atoms with Gasteiger partial charge < -0.3 is 14.8 Å². The highest BCUT2D eigenvalue weighted by Crippen LogP contribution is 2.31. The molecule has 0 aliphatic rings. The van der Waals surface area contributed by atoms with Crippen LogP contribution in [0.2, 0.25) is 5.02 Å². The number of benzene rings is 2. The molecule has 1 N–H and O–H groups in total. The highest BCUT2D eigenvalue weighted by atomic mass is 35.5. The van der Waals surface area contributed by atoms with Crippen molar-refractivity contribution in [1.82, 2.24) is 19.6 Å². The van der Waals surface area contributed by atoms with E-state index in [4.69, 9.17) is 21.1 Å². The Morgan fingerprint density at radius 1 is 1.00 bits per heavy atom. The van der Waals surface area contributed by atoms with Gasteiger partial charge in [0.05, 0.1) is 45.3 Å². The van der Waals surface area contributed by atoms with Crippen LogP contribution in [0.3, 0.4) is 0 Å². The second-order valence-electron chi connectivity index (χ2n) is 7.00. The molecule has 32 heavy (non-hydrogen) atoms. The van der Waals surface area contributed by atoms with Crippen molar-refractivity contribution in [1.29, 1.82) is 0 Å². The Balaban J connectivity index is 1.48. The predicted octanol–water partition coefficient (Wildman–Crippen LogP) is 4.10. The van der Waals surface area contributed by atoms with Crippen LogP contribution in [-0.4, -0.2) is 39.7 Å². The van der Waals surface area contributed by atoms with Crippen LogP contribution in [0.4, 0.5) is 5.82 Å². The maximum Gasteiger partial charge on any atom is 0.259 e. The number of aromatic nitrogens is 4. The molecule has 9 heteroatoms. The number of para-hydroxylation sites is 1. The smallest absolute Gasteiger partial charge is 0.259 e. The van der Waals surface area contributed by atoms with E-state index in [1.54, 1.807) is 42.0 Å². The van der Waals surface area contributed by atoms with Gasteiger partial charge >= 0.3 is 0 Å². The summed E-state index contributed by atoms with van der Waals surface area (Å²) in [5.41, 5.74) is 2.23. The Kier molecular flexibility index (Phi) is 6.42. The number of methoxy groups -OCH3 is 2. The number of halogens is 1. The second kappa shape index (κ2) is 9.57. The third-order valence-electron chi connectivity index (χ3n) is 4.95. The van der Waals surface area contributed by atoms with Crippen molar-refractivity contribution in [3.63, 3.8) is 0 Å². The molecule has 1 amide bonds. The van der Waals surface area contributed by atoms with E-state index in [0.717, 1.165) is 11.1 Å². The minimum atomic E-state index is -0.283. The van der Waals surface area contributed by atoms with E-state index in [0.29, 0.717) is 41.0 Å². The number of ether oxygens (including phenoxy) is 2. The number of anilines is 1. The van der Waals surface area contributed by atoms with Gasteiger partial charge in [0.2, 0.25) is 0 Å². The summed E-state index contributed by atoms with van der Waals surface area (Å²) >= 11 is 6.22. The van der Waals surface area contributed by atoms with Crippen molar-refractivity contribution < 1.29 is 14.3 Å². The molecule has 0 aliphatic carbocycles. The highest BCUT2D eigenvalue weighted by Gasteiger charge is 2.15. The molecule has 164 valence electrons. The van der Waals surface area contributed by atoms with Crippen molar-refractivity contribution in [2.75, 3.05) is 19.5 Å². The van der Waals surface area contributed by atoms with Gasteiger partial charge in [-0.2, -0.15) is 10.2 Å². The summed E-state index contributed by atoms with van der Waals surface area (Å²) in [6, 6.07) is 14.9. The van der Waals surface area contributed by atoms with Crippen LogP contribution in [0.5, 0.6) is 11.5 Å². The molecule has 0 aliphatic heterocycles. The van der Waals surface area contributed by atoms with Gasteiger partial charge in [0, 0.05) is 22.8 Å². The van der Waals surface area contributed by atoms with Gasteiger partial charge in [-0.25, -0.2) is 4.68 Å². The molecule has 0 saturated carbocycles. The Bertz CT molecular complexity index is 1230. The lowest BCUT2D eigenvalue weighted by Gasteiger charge is -2.14. The molecule has 0 saturated heterocycles. The lowest BCUT2D eigenvalue weighted by Crippen LogP contribution is -2.16. The molecule has 0 bridgehead atoms. The quantitative estimate of drug-likeness (QED) is 0.436. The molecule has 2 aromatic heterocycles. The fourth-order valence-electron chi connectivity index (χ4n) is 3.36. The summed E-state index contributed by atoms with van der Waals surface area (Å²) in [6.45, 7) is 0.870. The number of amides is 1. The first-order valence-electron chi connectivity index (χ1n) is 9.88. The Morgan fingerprint density at radius 3 is 2.59 bits per heavy atom. The van der Waals surface area contributed by atoms with Gasteiger partial charge in [0.15, 0.2) is 11.5 Å². The molecule has 0 radical (unpaired) electrons. The summed E-state index contributed by atoms with van der Waals surface area (Å²) in [4.78, 5) is 12.8. The van der Waals surface area contributed by atoms with Crippen molar-refractivity contribution in [3.8, 4) is 11.5 Å². The van der Waals surface area contributed by atoms with Crippen LogP contribution in [0.15, 0.2) is 67.1 Å². The number of rotatable bonds is 8. The van der Waals surface area contributed by atoms with Crippen molar-refractivity contribution in [2.45, 2.75) is 13.1 Å². The maximum atomic E-state index is 12.8. The zero-order valence-electron chi connectivity index (χ0n) is 17.7. The fourth-order valence-corrected chi connectivity index (χ4v) is 3.56. The molecular weight excluding hydrogens is 430 g/mol. The molecule has 2 aromatic carbocycles. The van der Waals surface area contributed by atoms with E-state index in [1.165, 1.54) is 6.20 Å². The van der Waals surface area contributed by atoms with Crippen LogP contribution in [0, 0.1) is 0 Å². The van der Waals surface area contributed by atoms with Crippen LogP contribution in [0.25, 0.3) is 0 Å².